The van der Waals surface area contributed by atoms with Gasteiger partial charge in [-0.3, -0.25) is 4.90 Å². The van der Waals surface area contributed by atoms with Gasteiger partial charge in [0.2, 0.25) is 0 Å². The maximum Gasteiger partial charge on any atom is 0.0357 e. The average molecular weight is 253 g/mol. The van der Waals surface area contributed by atoms with Gasteiger partial charge in [-0.25, -0.2) is 0 Å². The highest BCUT2D eigenvalue weighted by Crippen LogP contribution is 2.40. The Morgan fingerprint density at radius 1 is 1.22 bits per heavy atom. The van der Waals surface area contributed by atoms with Gasteiger partial charge in [0.05, 0.1) is 0 Å². The van der Waals surface area contributed by atoms with E-state index in [4.69, 9.17) is 5.73 Å². The summed E-state index contributed by atoms with van der Waals surface area (Å²) in [6.45, 7) is 8.07. The Bertz CT molecular complexity index is 279. The second-order valence-electron chi connectivity index (χ2n) is 6.87. The summed E-state index contributed by atoms with van der Waals surface area (Å²) in [4.78, 5) is 5.12. The Morgan fingerprint density at radius 2 is 1.94 bits per heavy atom. The van der Waals surface area contributed by atoms with Gasteiger partial charge in [-0.1, -0.05) is 26.7 Å². The standard InChI is InChI=1S/C15H31N3/c1-12-9-18(10-14(12)17(3)4)15(11-16)8-6-5-7-13(15)2/h12-14H,5-11,16H2,1-4H3. The van der Waals surface area contributed by atoms with E-state index in [0.717, 1.165) is 18.4 Å². The molecule has 3 heteroatoms. The van der Waals surface area contributed by atoms with E-state index in [2.05, 4.69) is 37.7 Å². The van der Waals surface area contributed by atoms with E-state index in [1.165, 1.54) is 38.8 Å². The highest BCUT2D eigenvalue weighted by Gasteiger charge is 2.46. The first kappa shape index (κ1) is 14.3. The second kappa shape index (κ2) is 5.48. The molecule has 1 aliphatic carbocycles. The molecule has 0 aromatic rings. The molecule has 0 radical (unpaired) electrons. The fraction of sp³-hybridized carbons (Fsp3) is 1.00. The zero-order valence-electron chi connectivity index (χ0n) is 12.7. The molecule has 106 valence electrons. The summed E-state index contributed by atoms with van der Waals surface area (Å²) in [5.74, 6) is 1.52. The zero-order chi connectivity index (χ0) is 13.3. The summed E-state index contributed by atoms with van der Waals surface area (Å²) in [6, 6.07) is 0.697. The van der Waals surface area contributed by atoms with Crippen LogP contribution in [0.15, 0.2) is 0 Å². The van der Waals surface area contributed by atoms with E-state index in [1.54, 1.807) is 0 Å². The van der Waals surface area contributed by atoms with Crippen molar-refractivity contribution in [3.8, 4) is 0 Å². The molecule has 0 bridgehead atoms. The van der Waals surface area contributed by atoms with Gasteiger partial charge in [0.1, 0.15) is 0 Å². The van der Waals surface area contributed by atoms with Crippen LogP contribution < -0.4 is 5.73 Å². The number of hydrogen-bond donors (Lipinski definition) is 1. The van der Waals surface area contributed by atoms with E-state index >= 15 is 0 Å². The summed E-state index contributed by atoms with van der Waals surface area (Å²) in [5, 5.41) is 0. The van der Waals surface area contributed by atoms with Crippen molar-refractivity contribution < 1.29 is 0 Å². The number of likely N-dealkylation sites (N-methyl/N-ethyl adjacent to an activating group) is 1. The van der Waals surface area contributed by atoms with Crippen LogP contribution in [0, 0.1) is 11.8 Å². The maximum atomic E-state index is 6.22. The third-order valence-electron chi connectivity index (χ3n) is 5.63. The second-order valence-corrected chi connectivity index (χ2v) is 6.87. The molecule has 0 amide bonds. The third kappa shape index (κ3) is 2.33. The molecule has 3 nitrogen and oxygen atoms in total. The summed E-state index contributed by atoms with van der Waals surface area (Å²) >= 11 is 0. The normalized spacial score (nSPS) is 42.7. The van der Waals surface area contributed by atoms with E-state index < -0.39 is 0 Å². The average Bonchev–Trinajstić information content (AvgIpc) is 2.73. The summed E-state index contributed by atoms with van der Waals surface area (Å²) < 4.78 is 0. The minimum atomic E-state index is 0.289. The molecule has 18 heavy (non-hydrogen) atoms. The lowest BCUT2D eigenvalue weighted by Gasteiger charge is -2.49. The van der Waals surface area contributed by atoms with Gasteiger partial charge in [0, 0.05) is 31.2 Å². The molecule has 4 atom stereocenters. The fourth-order valence-electron chi connectivity index (χ4n) is 4.28. The molecule has 1 saturated heterocycles. The Kier molecular flexibility index (Phi) is 4.35. The van der Waals surface area contributed by atoms with Crippen molar-refractivity contribution in [2.45, 2.75) is 51.1 Å². The topological polar surface area (TPSA) is 32.5 Å². The van der Waals surface area contributed by atoms with Gasteiger partial charge in [-0.05, 0) is 38.8 Å². The van der Waals surface area contributed by atoms with Gasteiger partial charge in [0.25, 0.3) is 0 Å². The van der Waals surface area contributed by atoms with Crippen LogP contribution in [0.25, 0.3) is 0 Å². The Balaban J connectivity index is 2.14. The number of nitrogens with two attached hydrogens (primary N) is 1. The Hall–Kier alpha value is -0.120. The molecule has 0 aromatic carbocycles. The van der Waals surface area contributed by atoms with Crippen LogP contribution in [0.5, 0.6) is 0 Å². The largest absolute Gasteiger partial charge is 0.329 e. The molecule has 1 saturated carbocycles. The van der Waals surface area contributed by atoms with Crippen molar-refractivity contribution in [1.29, 1.82) is 0 Å². The first-order valence-electron chi connectivity index (χ1n) is 7.63. The molecule has 4 unspecified atom stereocenters. The molecule has 0 aromatic heterocycles. The molecular weight excluding hydrogens is 222 g/mol. The van der Waals surface area contributed by atoms with Crippen LogP contribution in [0.4, 0.5) is 0 Å². The van der Waals surface area contributed by atoms with E-state index in [0.29, 0.717) is 6.04 Å². The summed E-state index contributed by atoms with van der Waals surface area (Å²) in [7, 11) is 4.42. The van der Waals surface area contributed by atoms with Gasteiger partial charge in [-0.2, -0.15) is 0 Å². The molecule has 2 fully saturated rings. The van der Waals surface area contributed by atoms with Crippen molar-refractivity contribution in [2.75, 3.05) is 33.7 Å². The van der Waals surface area contributed by atoms with Crippen molar-refractivity contribution in [3.05, 3.63) is 0 Å². The van der Waals surface area contributed by atoms with Crippen molar-refractivity contribution in [2.24, 2.45) is 17.6 Å². The van der Waals surface area contributed by atoms with Crippen LogP contribution >= 0.6 is 0 Å². The number of likely N-dealkylation sites (tertiary alicyclic amines) is 1. The molecule has 2 N–H and O–H groups in total. The van der Waals surface area contributed by atoms with Gasteiger partial charge in [0.15, 0.2) is 0 Å². The SMILES string of the molecule is CC1CN(C2(CN)CCCCC2C)CC1N(C)C. The monoisotopic (exact) mass is 253 g/mol. The summed E-state index contributed by atoms with van der Waals surface area (Å²) in [5.41, 5.74) is 6.51. The predicted molar refractivity (Wildman–Crippen MR) is 77.6 cm³/mol. The Morgan fingerprint density at radius 3 is 2.44 bits per heavy atom. The molecule has 2 rings (SSSR count). The highest BCUT2D eigenvalue weighted by atomic mass is 15.3. The highest BCUT2D eigenvalue weighted by molar-refractivity contribution is 5.03. The molecule has 1 heterocycles. The predicted octanol–water partition coefficient (Wildman–Crippen LogP) is 1.78. The zero-order valence-corrected chi connectivity index (χ0v) is 12.7. The minimum Gasteiger partial charge on any atom is -0.329 e. The number of nitrogens with zero attached hydrogens (tertiary/aromatic N) is 2. The molecule has 1 aliphatic heterocycles. The molecular formula is C15H31N3. The van der Waals surface area contributed by atoms with Crippen molar-refractivity contribution >= 4 is 0 Å². The lowest BCUT2D eigenvalue weighted by atomic mass is 9.72. The van der Waals surface area contributed by atoms with E-state index in [1.807, 2.05) is 0 Å². The molecule has 0 spiro atoms. The van der Waals surface area contributed by atoms with Gasteiger partial charge in [-0.15, -0.1) is 0 Å². The Labute approximate surface area is 113 Å². The van der Waals surface area contributed by atoms with E-state index in [-0.39, 0.29) is 5.54 Å². The van der Waals surface area contributed by atoms with Crippen LogP contribution in [-0.4, -0.2) is 55.1 Å². The van der Waals surface area contributed by atoms with Gasteiger partial charge < -0.3 is 10.6 Å². The van der Waals surface area contributed by atoms with Crippen molar-refractivity contribution in [3.63, 3.8) is 0 Å². The third-order valence-corrected chi connectivity index (χ3v) is 5.63. The molecule has 2 aliphatic rings. The maximum absolute atomic E-state index is 6.22. The van der Waals surface area contributed by atoms with Crippen LogP contribution in [0.1, 0.15) is 39.5 Å². The lowest BCUT2D eigenvalue weighted by Crippen LogP contribution is -2.59. The first-order chi connectivity index (χ1) is 8.51. The van der Waals surface area contributed by atoms with Crippen molar-refractivity contribution in [1.82, 2.24) is 9.80 Å². The number of rotatable bonds is 3. The quantitative estimate of drug-likeness (QED) is 0.832. The number of hydrogen-bond acceptors (Lipinski definition) is 3. The first-order valence-corrected chi connectivity index (χ1v) is 7.63. The summed E-state index contributed by atoms with van der Waals surface area (Å²) in [6.07, 6.45) is 5.41. The minimum absolute atomic E-state index is 0.289. The van der Waals surface area contributed by atoms with Crippen LogP contribution in [-0.2, 0) is 0 Å². The van der Waals surface area contributed by atoms with Crippen LogP contribution in [0.2, 0.25) is 0 Å². The smallest absolute Gasteiger partial charge is 0.0357 e. The van der Waals surface area contributed by atoms with Crippen LogP contribution in [0.3, 0.4) is 0 Å². The van der Waals surface area contributed by atoms with Gasteiger partial charge >= 0.3 is 0 Å². The van der Waals surface area contributed by atoms with E-state index in [9.17, 15) is 0 Å². The lowest BCUT2D eigenvalue weighted by molar-refractivity contribution is 0.0263. The fourth-order valence-corrected chi connectivity index (χ4v) is 4.28.